The molecule has 0 radical (unpaired) electrons. The van der Waals surface area contributed by atoms with E-state index in [-0.39, 0.29) is 0 Å². The molecule has 0 aliphatic rings. The van der Waals surface area contributed by atoms with Crippen LogP contribution in [0.25, 0.3) is 0 Å². The number of amides is 3. The second-order valence-electron chi connectivity index (χ2n) is 4.61. The molecule has 1 rings (SSSR count). The van der Waals surface area contributed by atoms with Crippen LogP contribution in [0.5, 0.6) is 0 Å². The SMILES string of the molecule is C[NH+](C)CCNC(=O)C(=O)Nc1ccc(C(N)=O)cc1. The number of nitrogens with one attached hydrogen (secondary N) is 3. The Balaban J connectivity index is 2.49. The van der Waals surface area contributed by atoms with Crippen molar-refractivity contribution >= 4 is 23.4 Å². The van der Waals surface area contributed by atoms with Crippen LogP contribution in [0.3, 0.4) is 0 Å². The Bertz CT molecular complexity index is 497. The number of anilines is 1. The molecule has 108 valence electrons. The zero-order valence-electron chi connectivity index (χ0n) is 11.5. The Labute approximate surface area is 117 Å². The van der Waals surface area contributed by atoms with Gasteiger partial charge in [-0.25, -0.2) is 0 Å². The van der Waals surface area contributed by atoms with Gasteiger partial charge in [0.05, 0.1) is 27.2 Å². The van der Waals surface area contributed by atoms with Crippen molar-refractivity contribution in [2.24, 2.45) is 5.73 Å². The topological polar surface area (TPSA) is 106 Å². The summed E-state index contributed by atoms with van der Waals surface area (Å²) in [7, 11) is 3.90. The summed E-state index contributed by atoms with van der Waals surface area (Å²) < 4.78 is 0. The number of carbonyl (C=O) groups excluding carboxylic acids is 3. The molecule has 7 heteroatoms. The zero-order chi connectivity index (χ0) is 15.1. The van der Waals surface area contributed by atoms with Crippen molar-refractivity contribution < 1.29 is 19.3 Å². The molecule has 0 fully saturated rings. The van der Waals surface area contributed by atoms with Gasteiger partial charge in [-0.2, -0.15) is 0 Å². The smallest absolute Gasteiger partial charge is 0.313 e. The first-order chi connectivity index (χ1) is 9.40. The van der Waals surface area contributed by atoms with Crippen LogP contribution in [-0.2, 0) is 9.59 Å². The lowest BCUT2D eigenvalue weighted by Crippen LogP contribution is -3.06. The van der Waals surface area contributed by atoms with E-state index in [2.05, 4.69) is 10.6 Å². The molecule has 1 aromatic carbocycles. The van der Waals surface area contributed by atoms with Crippen LogP contribution in [0.1, 0.15) is 10.4 Å². The number of nitrogens with two attached hydrogens (primary N) is 1. The van der Waals surface area contributed by atoms with Gasteiger partial charge in [-0.05, 0) is 24.3 Å². The predicted octanol–water partition coefficient (Wildman–Crippen LogP) is -2.02. The van der Waals surface area contributed by atoms with E-state index >= 15 is 0 Å². The van der Waals surface area contributed by atoms with E-state index in [1.54, 1.807) is 0 Å². The summed E-state index contributed by atoms with van der Waals surface area (Å²) in [4.78, 5) is 35.1. The number of primary amides is 1. The van der Waals surface area contributed by atoms with Gasteiger partial charge in [0.25, 0.3) is 0 Å². The lowest BCUT2D eigenvalue weighted by molar-refractivity contribution is -0.856. The fraction of sp³-hybridized carbons (Fsp3) is 0.308. The zero-order valence-corrected chi connectivity index (χ0v) is 11.5. The van der Waals surface area contributed by atoms with Gasteiger partial charge < -0.3 is 21.3 Å². The molecule has 0 aromatic heterocycles. The summed E-state index contributed by atoms with van der Waals surface area (Å²) in [5.41, 5.74) is 5.86. The molecular formula is C13H19N4O3+. The first kappa shape index (κ1) is 15.6. The average Bonchev–Trinajstić information content (AvgIpc) is 2.38. The third kappa shape index (κ3) is 5.07. The highest BCUT2D eigenvalue weighted by molar-refractivity contribution is 6.39. The summed E-state index contributed by atoms with van der Waals surface area (Å²) >= 11 is 0. The van der Waals surface area contributed by atoms with Crippen LogP contribution in [0.15, 0.2) is 24.3 Å². The molecule has 0 heterocycles. The molecule has 0 saturated heterocycles. The molecule has 20 heavy (non-hydrogen) atoms. The second kappa shape index (κ2) is 7.25. The van der Waals surface area contributed by atoms with Crippen LogP contribution in [0, 0.1) is 0 Å². The van der Waals surface area contributed by atoms with Crippen LogP contribution >= 0.6 is 0 Å². The number of likely N-dealkylation sites (N-methyl/N-ethyl adjacent to an activating group) is 1. The first-order valence-electron chi connectivity index (χ1n) is 6.18. The predicted molar refractivity (Wildman–Crippen MR) is 74.3 cm³/mol. The normalized spacial score (nSPS) is 10.2. The number of hydrogen-bond acceptors (Lipinski definition) is 3. The standard InChI is InChI=1S/C13H18N4O3/c1-17(2)8-7-15-12(19)13(20)16-10-5-3-9(4-6-10)11(14)18/h3-6H,7-8H2,1-2H3,(H2,14,18)(H,15,19)(H,16,20)/p+1. The molecule has 0 spiro atoms. The molecule has 1 aromatic rings. The maximum atomic E-state index is 11.6. The van der Waals surface area contributed by atoms with E-state index in [0.29, 0.717) is 17.8 Å². The highest BCUT2D eigenvalue weighted by Crippen LogP contribution is 2.08. The monoisotopic (exact) mass is 279 g/mol. The van der Waals surface area contributed by atoms with E-state index in [0.717, 1.165) is 6.54 Å². The molecule has 0 unspecified atom stereocenters. The van der Waals surface area contributed by atoms with Crippen LogP contribution in [0.2, 0.25) is 0 Å². The second-order valence-corrected chi connectivity index (χ2v) is 4.61. The van der Waals surface area contributed by atoms with Crippen LogP contribution in [-0.4, -0.2) is 44.9 Å². The van der Waals surface area contributed by atoms with Gasteiger partial charge in [-0.15, -0.1) is 0 Å². The summed E-state index contributed by atoms with van der Waals surface area (Å²) in [6.07, 6.45) is 0. The number of rotatable bonds is 5. The van der Waals surface area contributed by atoms with Gasteiger partial charge in [0.15, 0.2) is 0 Å². The quantitative estimate of drug-likeness (QED) is 0.468. The third-order valence-corrected chi connectivity index (χ3v) is 2.54. The lowest BCUT2D eigenvalue weighted by atomic mass is 10.2. The fourth-order valence-electron chi connectivity index (χ4n) is 1.41. The van der Waals surface area contributed by atoms with E-state index < -0.39 is 17.7 Å². The van der Waals surface area contributed by atoms with Crippen molar-refractivity contribution in [3.05, 3.63) is 29.8 Å². The molecule has 7 nitrogen and oxygen atoms in total. The Kier molecular flexibility index (Phi) is 5.67. The van der Waals surface area contributed by atoms with Gasteiger partial charge in [0.2, 0.25) is 5.91 Å². The number of benzene rings is 1. The van der Waals surface area contributed by atoms with E-state index in [1.165, 1.54) is 29.2 Å². The summed E-state index contributed by atoms with van der Waals surface area (Å²) in [5.74, 6) is -1.98. The molecule has 0 bridgehead atoms. The average molecular weight is 279 g/mol. The molecule has 0 aliphatic carbocycles. The summed E-state index contributed by atoms with van der Waals surface area (Å²) in [6, 6.07) is 5.97. The van der Waals surface area contributed by atoms with Crippen molar-refractivity contribution in [3.63, 3.8) is 0 Å². The van der Waals surface area contributed by atoms with Gasteiger partial charge in [-0.1, -0.05) is 0 Å². The number of carbonyl (C=O) groups is 3. The maximum Gasteiger partial charge on any atom is 0.313 e. The van der Waals surface area contributed by atoms with Gasteiger partial charge in [0.1, 0.15) is 0 Å². The van der Waals surface area contributed by atoms with Crippen LogP contribution in [0.4, 0.5) is 5.69 Å². The lowest BCUT2D eigenvalue weighted by Gasteiger charge is -2.09. The van der Waals surface area contributed by atoms with Gasteiger partial charge in [-0.3, -0.25) is 14.4 Å². The highest BCUT2D eigenvalue weighted by Gasteiger charge is 2.13. The molecule has 0 saturated carbocycles. The van der Waals surface area contributed by atoms with E-state index in [1.807, 2.05) is 14.1 Å². The van der Waals surface area contributed by atoms with E-state index in [4.69, 9.17) is 5.73 Å². The Morgan fingerprint density at radius 2 is 1.70 bits per heavy atom. The Morgan fingerprint density at radius 3 is 2.20 bits per heavy atom. The number of quaternary nitrogens is 1. The van der Waals surface area contributed by atoms with Crippen molar-refractivity contribution in [1.29, 1.82) is 0 Å². The van der Waals surface area contributed by atoms with Crippen LogP contribution < -0.4 is 21.3 Å². The molecule has 5 N–H and O–H groups in total. The van der Waals surface area contributed by atoms with Crippen molar-refractivity contribution in [1.82, 2.24) is 5.32 Å². The largest absolute Gasteiger partial charge is 0.366 e. The third-order valence-electron chi connectivity index (χ3n) is 2.54. The van der Waals surface area contributed by atoms with Crippen molar-refractivity contribution in [2.45, 2.75) is 0 Å². The summed E-state index contributed by atoms with van der Waals surface area (Å²) in [6.45, 7) is 1.15. The fourth-order valence-corrected chi connectivity index (χ4v) is 1.41. The van der Waals surface area contributed by atoms with E-state index in [9.17, 15) is 14.4 Å². The minimum Gasteiger partial charge on any atom is -0.366 e. The minimum atomic E-state index is -0.745. The number of hydrogen-bond donors (Lipinski definition) is 4. The van der Waals surface area contributed by atoms with Gasteiger partial charge in [0, 0.05) is 11.3 Å². The minimum absolute atomic E-state index is 0.335. The highest BCUT2D eigenvalue weighted by atomic mass is 16.2. The molecule has 0 aliphatic heterocycles. The first-order valence-corrected chi connectivity index (χ1v) is 6.18. The maximum absolute atomic E-state index is 11.6. The van der Waals surface area contributed by atoms with Gasteiger partial charge >= 0.3 is 11.8 Å². The molecule has 0 atom stereocenters. The Morgan fingerprint density at radius 1 is 1.10 bits per heavy atom. The molecular weight excluding hydrogens is 260 g/mol. The Hall–Kier alpha value is -2.41. The summed E-state index contributed by atoms with van der Waals surface area (Å²) in [5, 5.41) is 4.95. The van der Waals surface area contributed by atoms with Crippen molar-refractivity contribution in [2.75, 3.05) is 32.5 Å². The van der Waals surface area contributed by atoms with Crippen molar-refractivity contribution in [3.8, 4) is 0 Å². The molecule has 3 amide bonds.